The summed E-state index contributed by atoms with van der Waals surface area (Å²) < 4.78 is 14.1. The molecule has 0 radical (unpaired) electrons. The highest BCUT2D eigenvalue weighted by molar-refractivity contribution is 9.10. The van der Waals surface area contributed by atoms with Crippen LogP contribution in [0.15, 0.2) is 28.9 Å². The summed E-state index contributed by atoms with van der Waals surface area (Å²) in [5.41, 5.74) is 1.50. The molecular formula is C13H14BrFN4. The molecule has 1 aromatic heterocycles. The van der Waals surface area contributed by atoms with Gasteiger partial charge in [-0.2, -0.15) is 4.98 Å². The summed E-state index contributed by atoms with van der Waals surface area (Å²) in [6.07, 6.45) is 1.65. The van der Waals surface area contributed by atoms with E-state index >= 15 is 0 Å². The molecule has 2 aromatic rings. The standard InChI is InChI=1S/C13H14BrFN4/c1-3-16-13-17-7-11(14)12(19-13)18-10-5-8(2)4-9(15)6-10/h4-7H,3H2,1-2H3,(H2,16,17,18,19). The van der Waals surface area contributed by atoms with E-state index in [1.807, 2.05) is 19.9 Å². The number of anilines is 3. The number of rotatable bonds is 4. The third-order valence-corrected chi connectivity index (χ3v) is 2.96. The van der Waals surface area contributed by atoms with Crippen molar-refractivity contribution in [1.82, 2.24) is 9.97 Å². The van der Waals surface area contributed by atoms with Crippen LogP contribution in [0.5, 0.6) is 0 Å². The molecule has 0 aliphatic rings. The quantitative estimate of drug-likeness (QED) is 0.896. The van der Waals surface area contributed by atoms with Gasteiger partial charge in [0.25, 0.3) is 0 Å². The van der Waals surface area contributed by atoms with Crippen molar-refractivity contribution < 1.29 is 4.39 Å². The predicted molar refractivity (Wildman–Crippen MR) is 78.3 cm³/mol. The predicted octanol–water partition coefficient (Wildman–Crippen LogP) is 3.86. The average Bonchev–Trinajstić information content (AvgIpc) is 2.32. The van der Waals surface area contributed by atoms with Gasteiger partial charge < -0.3 is 10.6 Å². The summed E-state index contributed by atoms with van der Waals surface area (Å²) in [5.74, 6) is 0.844. The fraction of sp³-hybridized carbons (Fsp3) is 0.231. The largest absolute Gasteiger partial charge is 0.354 e. The molecule has 0 unspecified atom stereocenters. The minimum absolute atomic E-state index is 0.278. The molecule has 1 heterocycles. The molecule has 2 rings (SSSR count). The molecule has 0 saturated heterocycles. The lowest BCUT2D eigenvalue weighted by molar-refractivity contribution is 0.627. The lowest BCUT2D eigenvalue weighted by Gasteiger charge is -2.10. The second-order valence-electron chi connectivity index (χ2n) is 4.06. The van der Waals surface area contributed by atoms with E-state index in [4.69, 9.17) is 0 Å². The molecule has 0 bridgehead atoms. The minimum atomic E-state index is -0.278. The third-order valence-electron chi connectivity index (χ3n) is 2.38. The number of benzene rings is 1. The van der Waals surface area contributed by atoms with E-state index in [1.165, 1.54) is 12.1 Å². The Hall–Kier alpha value is -1.69. The molecule has 0 spiro atoms. The highest BCUT2D eigenvalue weighted by Gasteiger charge is 2.06. The zero-order valence-electron chi connectivity index (χ0n) is 10.7. The monoisotopic (exact) mass is 324 g/mol. The van der Waals surface area contributed by atoms with Gasteiger partial charge in [0.1, 0.15) is 11.6 Å². The molecule has 2 N–H and O–H groups in total. The van der Waals surface area contributed by atoms with Crippen LogP contribution in [0.25, 0.3) is 0 Å². The van der Waals surface area contributed by atoms with Gasteiger partial charge in [0.2, 0.25) is 5.95 Å². The van der Waals surface area contributed by atoms with Crippen molar-refractivity contribution in [3.63, 3.8) is 0 Å². The smallest absolute Gasteiger partial charge is 0.224 e. The van der Waals surface area contributed by atoms with Crippen molar-refractivity contribution in [1.29, 1.82) is 0 Å². The molecule has 4 nitrogen and oxygen atoms in total. The van der Waals surface area contributed by atoms with Crippen molar-refractivity contribution in [2.45, 2.75) is 13.8 Å². The minimum Gasteiger partial charge on any atom is -0.354 e. The molecule has 0 saturated carbocycles. The van der Waals surface area contributed by atoms with Crippen molar-refractivity contribution >= 4 is 33.4 Å². The Morgan fingerprint density at radius 3 is 2.79 bits per heavy atom. The fourth-order valence-electron chi connectivity index (χ4n) is 1.64. The van der Waals surface area contributed by atoms with Crippen LogP contribution in [0, 0.1) is 12.7 Å². The number of hydrogen-bond acceptors (Lipinski definition) is 4. The number of hydrogen-bond donors (Lipinski definition) is 2. The highest BCUT2D eigenvalue weighted by atomic mass is 79.9. The molecular weight excluding hydrogens is 311 g/mol. The summed E-state index contributed by atoms with van der Waals surface area (Å²) in [5, 5.41) is 6.10. The maximum absolute atomic E-state index is 13.3. The normalized spacial score (nSPS) is 10.3. The van der Waals surface area contributed by atoms with Crippen molar-refractivity contribution in [2.24, 2.45) is 0 Å². The SMILES string of the molecule is CCNc1ncc(Br)c(Nc2cc(C)cc(F)c2)n1. The Morgan fingerprint density at radius 1 is 1.32 bits per heavy atom. The second-order valence-corrected chi connectivity index (χ2v) is 4.92. The van der Waals surface area contributed by atoms with E-state index in [-0.39, 0.29) is 5.82 Å². The van der Waals surface area contributed by atoms with E-state index in [1.54, 1.807) is 6.20 Å². The zero-order valence-corrected chi connectivity index (χ0v) is 12.3. The Kier molecular flexibility index (Phi) is 4.31. The van der Waals surface area contributed by atoms with Crippen molar-refractivity contribution in [3.05, 3.63) is 40.2 Å². The Bertz CT molecular complexity index is 569. The fourth-order valence-corrected chi connectivity index (χ4v) is 1.93. The van der Waals surface area contributed by atoms with Crippen LogP contribution in [0.4, 0.5) is 21.8 Å². The average molecular weight is 325 g/mol. The molecule has 100 valence electrons. The van der Waals surface area contributed by atoms with Gasteiger partial charge in [0, 0.05) is 18.4 Å². The summed E-state index contributed by atoms with van der Waals surface area (Å²) in [6, 6.07) is 4.75. The summed E-state index contributed by atoms with van der Waals surface area (Å²) in [7, 11) is 0. The number of nitrogens with zero attached hydrogens (tertiary/aromatic N) is 2. The summed E-state index contributed by atoms with van der Waals surface area (Å²) >= 11 is 3.37. The summed E-state index contributed by atoms with van der Waals surface area (Å²) in [4.78, 5) is 8.44. The van der Waals surface area contributed by atoms with Gasteiger partial charge in [-0.15, -0.1) is 0 Å². The van der Waals surface area contributed by atoms with E-state index in [2.05, 4.69) is 36.5 Å². The molecule has 0 aliphatic carbocycles. The van der Waals surface area contributed by atoms with Gasteiger partial charge in [-0.1, -0.05) is 0 Å². The first kappa shape index (κ1) is 13.7. The highest BCUT2D eigenvalue weighted by Crippen LogP contribution is 2.25. The number of aromatic nitrogens is 2. The molecule has 0 amide bonds. The van der Waals surface area contributed by atoms with Crippen LogP contribution in [-0.2, 0) is 0 Å². The molecule has 1 aromatic carbocycles. The van der Waals surface area contributed by atoms with E-state index in [0.717, 1.165) is 16.6 Å². The van der Waals surface area contributed by atoms with Crippen LogP contribution >= 0.6 is 15.9 Å². The lowest BCUT2D eigenvalue weighted by Crippen LogP contribution is -2.04. The number of nitrogens with one attached hydrogen (secondary N) is 2. The first-order chi connectivity index (χ1) is 9.08. The molecule has 19 heavy (non-hydrogen) atoms. The Morgan fingerprint density at radius 2 is 2.11 bits per heavy atom. The number of halogens is 2. The number of aryl methyl sites for hydroxylation is 1. The van der Waals surface area contributed by atoms with Crippen LogP contribution in [0.3, 0.4) is 0 Å². The molecule has 0 aliphatic heterocycles. The zero-order chi connectivity index (χ0) is 13.8. The first-order valence-electron chi connectivity index (χ1n) is 5.89. The van der Waals surface area contributed by atoms with Crippen molar-refractivity contribution in [2.75, 3.05) is 17.2 Å². The van der Waals surface area contributed by atoms with Crippen LogP contribution in [0.1, 0.15) is 12.5 Å². The molecule has 0 atom stereocenters. The van der Waals surface area contributed by atoms with Gasteiger partial charge in [-0.05, 0) is 53.5 Å². The second kappa shape index (κ2) is 5.97. The van der Waals surface area contributed by atoms with Gasteiger partial charge in [0.05, 0.1) is 4.47 Å². The molecule has 6 heteroatoms. The van der Waals surface area contributed by atoms with Crippen LogP contribution in [0.2, 0.25) is 0 Å². The summed E-state index contributed by atoms with van der Waals surface area (Å²) in [6.45, 7) is 4.54. The molecule has 0 fully saturated rings. The lowest BCUT2D eigenvalue weighted by atomic mass is 10.2. The van der Waals surface area contributed by atoms with Gasteiger partial charge in [0.15, 0.2) is 0 Å². The van der Waals surface area contributed by atoms with Crippen LogP contribution < -0.4 is 10.6 Å². The first-order valence-corrected chi connectivity index (χ1v) is 6.68. The van der Waals surface area contributed by atoms with E-state index in [0.29, 0.717) is 17.5 Å². The van der Waals surface area contributed by atoms with Gasteiger partial charge in [-0.3, -0.25) is 0 Å². The van der Waals surface area contributed by atoms with E-state index < -0.39 is 0 Å². The maximum atomic E-state index is 13.3. The van der Waals surface area contributed by atoms with Gasteiger partial charge in [-0.25, -0.2) is 9.37 Å². The van der Waals surface area contributed by atoms with Crippen molar-refractivity contribution in [3.8, 4) is 0 Å². The topological polar surface area (TPSA) is 49.8 Å². The Labute approximate surface area is 119 Å². The maximum Gasteiger partial charge on any atom is 0.224 e. The van der Waals surface area contributed by atoms with E-state index in [9.17, 15) is 4.39 Å². The Balaban J connectivity index is 2.28. The van der Waals surface area contributed by atoms with Crippen LogP contribution in [-0.4, -0.2) is 16.5 Å². The van der Waals surface area contributed by atoms with Gasteiger partial charge >= 0.3 is 0 Å². The third kappa shape index (κ3) is 3.64.